The maximum atomic E-state index is 13.0. The van der Waals surface area contributed by atoms with Gasteiger partial charge in [-0.2, -0.15) is 11.8 Å². The van der Waals surface area contributed by atoms with Crippen LogP contribution in [0.4, 0.5) is 10.1 Å². The fraction of sp³-hybridized carbons (Fsp3) is 0.455. The van der Waals surface area contributed by atoms with Crippen molar-refractivity contribution in [1.29, 1.82) is 0 Å². The van der Waals surface area contributed by atoms with Gasteiger partial charge in [0.2, 0.25) is 0 Å². The Morgan fingerprint density at radius 1 is 1.33 bits per heavy atom. The van der Waals surface area contributed by atoms with Crippen molar-refractivity contribution in [3.63, 3.8) is 0 Å². The van der Waals surface area contributed by atoms with E-state index in [4.69, 9.17) is 11.6 Å². The molecule has 15 heavy (non-hydrogen) atoms. The first kappa shape index (κ1) is 11.1. The van der Waals surface area contributed by atoms with E-state index in [0.29, 0.717) is 16.8 Å². The van der Waals surface area contributed by atoms with Crippen LogP contribution in [0.1, 0.15) is 12.8 Å². The average molecular weight is 246 g/mol. The summed E-state index contributed by atoms with van der Waals surface area (Å²) in [6.07, 6.45) is 2.25. The number of nitrogens with one attached hydrogen (secondary N) is 1. The number of hydrogen-bond acceptors (Lipinski definition) is 2. The molecule has 0 atom stereocenters. The molecule has 1 saturated heterocycles. The van der Waals surface area contributed by atoms with Crippen LogP contribution in [0.2, 0.25) is 5.02 Å². The van der Waals surface area contributed by atoms with Gasteiger partial charge in [0.15, 0.2) is 0 Å². The van der Waals surface area contributed by atoms with Crippen LogP contribution >= 0.6 is 23.4 Å². The molecular formula is C11H13ClFNS. The lowest BCUT2D eigenvalue weighted by atomic mass is 10.1. The van der Waals surface area contributed by atoms with Crippen molar-refractivity contribution in [2.24, 2.45) is 0 Å². The van der Waals surface area contributed by atoms with Crippen molar-refractivity contribution >= 4 is 29.1 Å². The number of thioether (sulfide) groups is 1. The van der Waals surface area contributed by atoms with Gasteiger partial charge >= 0.3 is 0 Å². The van der Waals surface area contributed by atoms with Gasteiger partial charge in [0.05, 0.1) is 10.7 Å². The SMILES string of the molecule is Fc1ccc(Cl)c(NC2CCSCC2)c1. The number of hydrogen-bond donors (Lipinski definition) is 1. The molecule has 0 amide bonds. The molecule has 1 aliphatic rings. The molecule has 4 heteroatoms. The van der Waals surface area contributed by atoms with E-state index in [-0.39, 0.29) is 5.82 Å². The Hall–Kier alpha value is -0.410. The second kappa shape index (κ2) is 5.08. The van der Waals surface area contributed by atoms with Crippen LogP contribution in [0.15, 0.2) is 18.2 Å². The smallest absolute Gasteiger partial charge is 0.125 e. The lowest BCUT2D eigenvalue weighted by Gasteiger charge is -2.24. The Balaban J connectivity index is 2.05. The van der Waals surface area contributed by atoms with Gasteiger partial charge in [0.25, 0.3) is 0 Å². The van der Waals surface area contributed by atoms with Crippen LogP contribution in [0.3, 0.4) is 0 Å². The van der Waals surface area contributed by atoms with Gasteiger partial charge in [-0.15, -0.1) is 0 Å². The summed E-state index contributed by atoms with van der Waals surface area (Å²) in [5.41, 5.74) is 0.716. The van der Waals surface area contributed by atoms with Crippen molar-refractivity contribution < 1.29 is 4.39 Å². The standard InChI is InChI=1S/C11H13ClFNS/c12-10-2-1-8(13)7-11(10)14-9-3-5-15-6-4-9/h1-2,7,9,14H,3-6H2. The van der Waals surface area contributed by atoms with Crippen molar-refractivity contribution in [3.05, 3.63) is 29.0 Å². The molecule has 0 bridgehead atoms. The summed E-state index contributed by atoms with van der Waals surface area (Å²) >= 11 is 7.95. The molecule has 0 radical (unpaired) electrons. The van der Waals surface area contributed by atoms with Gasteiger partial charge in [-0.3, -0.25) is 0 Å². The monoisotopic (exact) mass is 245 g/mol. The quantitative estimate of drug-likeness (QED) is 0.851. The normalized spacial score (nSPS) is 17.7. The Labute approximate surface area is 98.4 Å². The summed E-state index contributed by atoms with van der Waals surface area (Å²) in [4.78, 5) is 0. The highest BCUT2D eigenvalue weighted by molar-refractivity contribution is 7.99. The molecule has 0 spiro atoms. The third kappa shape index (κ3) is 3.02. The first-order valence-electron chi connectivity index (χ1n) is 5.05. The maximum absolute atomic E-state index is 13.0. The fourth-order valence-corrected chi connectivity index (χ4v) is 2.95. The van der Waals surface area contributed by atoms with E-state index in [1.54, 1.807) is 6.07 Å². The number of rotatable bonds is 2. The van der Waals surface area contributed by atoms with E-state index in [2.05, 4.69) is 5.32 Å². The highest BCUT2D eigenvalue weighted by Crippen LogP contribution is 2.26. The summed E-state index contributed by atoms with van der Waals surface area (Å²) in [6, 6.07) is 4.87. The molecule has 1 N–H and O–H groups in total. The zero-order valence-corrected chi connectivity index (χ0v) is 9.87. The minimum absolute atomic E-state index is 0.243. The van der Waals surface area contributed by atoms with Gasteiger partial charge in [-0.25, -0.2) is 4.39 Å². The minimum atomic E-state index is -0.243. The molecule has 1 aromatic rings. The first-order chi connectivity index (χ1) is 7.25. The second-order valence-electron chi connectivity index (χ2n) is 3.66. The average Bonchev–Trinajstić information content (AvgIpc) is 2.25. The molecule has 1 aliphatic heterocycles. The van der Waals surface area contributed by atoms with Crippen LogP contribution in [0.5, 0.6) is 0 Å². The summed E-state index contributed by atoms with van der Waals surface area (Å²) in [7, 11) is 0. The van der Waals surface area contributed by atoms with Gasteiger partial charge in [-0.1, -0.05) is 11.6 Å². The molecule has 0 aromatic heterocycles. The number of halogens is 2. The maximum Gasteiger partial charge on any atom is 0.125 e. The Bertz CT molecular complexity index is 339. The lowest BCUT2D eigenvalue weighted by Crippen LogP contribution is -2.24. The summed E-state index contributed by atoms with van der Waals surface area (Å²) in [6.45, 7) is 0. The van der Waals surface area contributed by atoms with Crippen molar-refractivity contribution in [2.45, 2.75) is 18.9 Å². The van der Waals surface area contributed by atoms with Gasteiger partial charge < -0.3 is 5.32 Å². The van der Waals surface area contributed by atoms with Crippen LogP contribution in [0, 0.1) is 5.82 Å². The van der Waals surface area contributed by atoms with Crippen LogP contribution in [-0.4, -0.2) is 17.5 Å². The third-order valence-electron chi connectivity index (χ3n) is 2.51. The molecule has 82 valence electrons. The molecule has 1 aromatic carbocycles. The Kier molecular flexibility index (Phi) is 3.76. The third-order valence-corrected chi connectivity index (χ3v) is 3.89. The Morgan fingerprint density at radius 2 is 2.07 bits per heavy atom. The van der Waals surface area contributed by atoms with E-state index >= 15 is 0 Å². The van der Waals surface area contributed by atoms with Crippen molar-refractivity contribution in [1.82, 2.24) is 0 Å². The predicted octanol–water partition coefficient (Wildman–Crippen LogP) is 3.79. The zero-order valence-electron chi connectivity index (χ0n) is 8.30. The van der Waals surface area contributed by atoms with Crippen LogP contribution in [-0.2, 0) is 0 Å². The molecular weight excluding hydrogens is 233 g/mol. The predicted molar refractivity (Wildman–Crippen MR) is 65.4 cm³/mol. The molecule has 0 unspecified atom stereocenters. The van der Waals surface area contributed by atoms with E-state index in [0.717, 1.165) is 12.8 Å². The topological polar surface area (TPSA) is 12.0 Å². The van der Waals surface area contributed by atoms with Gasteiger partial charge in [-0.05, 0) is 42.5 Å². The summed E-state index contributed by atoms with van der Waals surface area (Å²) in [5, 5.41) is 3.90. The number of anilines is 1. The molecule has 0 aliphatic carbocycles. The van der Waals surface area contributed by atoms with E-state index in [1.165, 1.54) is 23.6 Å². The van der Waals surface area contributed by atoms with Crippen molar-refractivity contribution in [2.75, 3.05) is 16.8 Å². The highest BCUT2D eigenvalue weighted by atomic mass is 35.5. The first-order valence-corrected chi connectivity index (χ1v) is 6.58. The Morgan fingerprint density at radius 3 is 2.80 bits per heavy atom. The fourth-order valence-electron chi connectivity index (χ4n) is 1.67. The molecule has 0 saturated carbocycles. The van der Waals surface area contributed by atoms with Gasteiger partial charge in [0.1, 0.15) is 5.82 Å². The number of benzene rings is 1. The molecule has 1 heterocycles. The molecule has 1 fully saturated rings. The lowest BCUT2D eigenvalue weighted by molar-refractivity contribution is 0.625. The zero-order chi connectivity index (χ0) is 10.7. The van der Waals surface area contributed by atoms with Gasteiger partial charge in [0, 0.05) is 6.04 Å². The van der Waals surface area contributed by atoms with Crippen molar-refractivity contribution in [3.8, 4) is 0 Å². The minimum Gasteiger partial charge on any atom is -0.381 e. The van der Waals surface area contributed by atoms with E-state index < -0.39 is 0 Å². The molecule has 2 rings (SSSR count). The summed E-state index contributed by atoms with van der Waals surface area (Å²) in [5.74, 6) is 2.10. The van der Waals surface area contributed by atoms with Crippen LogP contribution in [0.25, 0.3) is 0 Å². The highest BCUT2D eigenvalue weighted by Gasteiger charge is 2.14. The van der Waals surface area contributed by atoms with Crippen LogP contribution < -0.4 is 5.32 Å². The second-order valence-corrected chi connectivity index (χ2v) is 5.29. The largest absolute Gasteiger partial charge is 0.381 e. The van der Waals surface area contributed by atoms with E-state index in [9.17, 15) is 4.39 Å². The summed E-state index contributed by atoms with van der Waals surface area (Å²) < 4.78 is 13.0. The molecule has 1 nitrogen and oxygen atoms in total. The van der Waals surface area contributed by atoms with E-state index in [1.807, 2.05) is 11.8 Å².